The number of ketones is 1. The highest BCUT2D eigenvalue weighted by Crippen LogP contribution is 2.33. The SMILES string of the molecule is Cc1c(C(=O)C2CCCC2)oc2cc(Br)ccc12. The molecule has 0 spiro atoms. The van der Waals surface area contributed by atoms with E-state index in [9.17, 15) is 4.79 Å². The molecular formula is C15H15BrO2. The summed E-state index contributed by atoms with van der Waals surface area (Å²) in [6.45, 7) is 1.97. The number of aryl methyl sites for hydroxylation is 1. The van der Waals surface area contributed by atoms with Gasteiger partial charge in [-0.25, -0.2) is 0 Å². The van der Waals surface area contributed by atoms with Crippen molar-refractivity contribution in [2.24, 2.45) is 5.92 Å². The van der Waals surface area contributed by atoms with Crippen molar-refractivity contribution in [3.8, 4) is 0 Å². The summed E-state index contributed by atoms with van der Waals surface area (Å²) < 4.78 is 6.75. The molecule has 1 aliphatic carbocycles. The van der Waals surface area contributed by atoms with E-state index in [1.807, 2.05) is 25.1 Å². The first-order chi connectivity index (χ1) is 8.66. The van der Waals surface area contributed by atoms with E-state index in [2.05, 4.69) is 15.9 Å². The Morgan fingerprint density at radius 1 is 1.33 bits per heavy atom. The van der Waals surface area contributed by atoms with Crippen molar-refractivity contribution in [1.29, 1.82) is 0 Å². The second kappa shape index (κ2) is 4.54. The van der Waals surface area contributed by atoms with Crippen LogP contribution in [0.5, 0.6) is 0 Å². The fourth-order valence-electron chi connectivity index (χ4n) is 2.81. The summed E-state index contributed by atoms with van der Waals surface area (Å²) in [6.07, 6.45) is 4.36. The Morgan fingerprint density at radius 2 is 2.06 bits per heavy atom. The molecule has 0 bridgehead atoms. The lowest BCUT2D eigenvalue weighted by molar-refractivity contribution is 0.0896. The van der Waals surface area contributed by atoms with Gasteiger partial charge in [-0.1, -0.05) is 28.8 Å². The van der Waals surface area contributed by atoms with Crippen LogP contribution in [-0.4, -0.2) is 5.78 Å². The zero-order valence-corrected chi connectivity index (χ0v) is 11.9. The third kappa shape index (κ3) is 1.91. The van der Waals surface area contributed by atoms with E-state index in [4.69, 9.17) is 4.42 Å². The number of rotatable bonds is 2. The summed E-state index contributed by atoms with van der Waals surface area (Å²) in [6, 6.07) is 5.91. The average Bonchev–Trinajstić information content (AvgIpc) is 2.97. The molecule has 1 aliphatic rings. The Morgan fingerprint density at radius 3 is 2.78 bits per heavy atom. The zero-order chi connectivity index (χ0) is 12.7. The van der Waals surface area contributed by atoms with Crippen molar-refractivity contribution < 1.29 is 9.21 Å². The molecule has 2 aromatic rings. The molecule has 3 heteroatoms. The third-order valence-electron chi connectivity index (χ3n) is 3.85. The largest absolute Gasteiger partial charge is 0.453 e. The highest BCUT2D eigenvalue weighted by molar-refractivity contribution is 9.10. The molecule has 0 atom stereocenters. The minimum Gasteiger partial charge on any atom is -0.453 e. The molecule has 0 unspecified atom stereocenters. The van der Waals surface area contributed by atoms with Crippen molar-refractivity contribution in [3.63, 3.8) is 0 Å². The Bertz CT molecular complexity index is 606. The van der Waals surface area contributed by atoms with Gasteiger partial charge < -0.3 is 4.42 Å². The van der Waals surface area contributed by atoms with Gasteiger partial charge in [0.05, 0.1) is 0 Å². The summed E-state index contributed by atoms with van der Waals surface area (Å²) in [5, 5.41) is 1.04. The number of hydrogen-bond acceptors (Lipinski definition) is 2. The normalized spacial score (nSPS) is 16.6. The van der Waals surface area contributed by atoms with Crippen LogP contribution in [0.4, 0.5) is 0 Å². The van der Waals surface area contributed by atoms with Gasteiger partial charge in [0.2, 0.25) is 5.78 Å². The molecule has 1 heterocycles. The Labute approximate surface area is 114 Å². The van der Waals surface area contributed by atoms with Crippen LogP contribution >= 0.6 is 15.9 Å². The van der Waals surface area contributed by atoms with Crippen LogP contribution in [0, 0.1) is 12.8 Å². The maximum Gasteiger partial charge on any atom is 0.201 e. The van der Waals surface area contributed by atoms with Gasteiger partial charge in [0.25, 0.3) is 0 Å². The van der Waals surface area contributed by atoms with Crippen LogP contribution in [0.25, 0.3) is 11.0 Å². The highest BCUT2D eigenvalue weighted by atomic mass is 79.9. The lowest BCUT2D eigenvalue weighted by Crippen LogP contribution is -2.11. The first-order valence-corrected chi connectivity index (χ1v) is 7.19. The molecule has 0 radical (unpaired) electrons. The van der Waals surface area contributed by atoms with E-state index in [0.29, 0.717) is 5.76 Å². The molecule has 0 amide bonds. The number of fused-ring (bicyclic) bond motifs is 1. The number of hydrogen-bond donors (Lipinski definition) is 0. The second-order valence-electron chi connectivity index (χ2n) is 5.04. The summed E-state index contributed by atoms with van der Waals surface area (Å²) >= 11 is 3.42. The van der Waals surface area contributed by atoms with Crippen LogP contribution in [0.2, 0.25) is 0 Å². The van der Waals surface area contributed by atoms with Crippen molar-refractivity contribution in [2.45, 2.75) is 32.6 Å². The Hall–Kier alpha value is -1.09. The Balaban J connectivity index is 2.06. The van der Waals surface area contributed by atoms with Crippen LogP contribution in [0.3, 0.4) is 0 Å². The predicted molar refractivity (Wildman–Crippen MR) is 74.9 cm³/mol. The van der Waals surface area contributed by atoms with Crippen molar-refractivity contribution in [3.05, 3.63) is 34.0 Å². The molecule has 0 aliphatic heterocycles. The first-order valence-electron chi connectivity index (χ1n) is 6.39. The van der Waals surface area contributed by atoms with Crippen molar-refractivity contribution in [1.82, 2.24) is 0 Å². The fourth-order valence-corrected chi connectivity index (χ4v) is 3.15. The minimum atomic E-state index is 0.174. The average molecular weight is 307 g/mol. The Kier molecular flexibility index (Phi) is 3.02. The topological polar surface area (TPSA) is 30.2 Å². The summed E-state index contributed by atoms with van der Waals surface area (Å²) in [5.74, 6) is 0.931. The quantitative estimate of drug-likeness (QED) is 0.740. The van der Waals surface area contributed by atoms with Gasteiger partial charge >= 0.3 is 0 Å². The van der Waals surface area contributed by atoms with Crippen LogP contribution in [0.15, 0.2) is 27.1 Å². The first kappa shape index (κ1) is 12.0. The van der Waals surface area contributed by atoms with Crippen LogP contribution in [-0.2, 0) is 0 Å². The molecule has 1 aromatic carbocycles. The lowest BCUT2D eigenvalue weighted by Gasteiger charge is -2.05. The second-order valence-corrected chi connectivity index (χ2v) is 5.96. The van der Waals surface area contributed by atoms with E-state index in [0.717, 1.165) is 33.8 Å². The zero-order valence-electron chi connectivity index (χ0n) is 10.3. The number of carbonyl (C=O) groups excluding carboxylic acids is 1. The standard InChI is InChI=1S/C15H15BrO2/c1-9-12-7-6-11(16)8-13(12)18-15(9)14(17)10-4-2-3-5-10/h6-8,10H,2-5H2,1H3. The van der Waals surface area contributed by atoms with Crippen LogP contribution in [0.1, 0.15) is 41.8 Å². The van der Waals surface area contributed by atoms with E-state index in [-0.39, 0.29) is 11.7 Å². The van der Waals surface area contributed by atoms with Crippen molar-refractivity contribution >= 4 is 32.7 Å². The maximum atomic E-state index is 12.4. The molecule has 1 aromatic heterocycles. The molecular weight excluding hydrogens is 292 g/mol. The van der Waals surface area contributed by atoms with Gasteiger partial charge in [0.15, 0.2) is 5.76 Å². The number of furan rings is 1. The number of benzene rings is 1. The molecule has 3 rings (SSSR count). The monoisotopic (exact) mass is 306 g/mol. The molecule has 0 N–H and O–H groups in total. The van der Waals surface area contributed by atoms with Gasteiger partial charge in [0.1, 0.15) is 5.58 Å². The summed E-state index contributed by atoms with van der Waals surface area (Å²) in [5.41, 5.74) is 1.78. The van der Waals surface area contributed by atoms with E-state index in [1.54, 1.807) is 0 Å². The van der Waals surface area contributed by atoms with E-state index >= 15 is 0 Å². The molecule has 0 saturated heterocycles. The van der Waals surface area contributed by atoms with Crippen molar-refractivity contribution in [2.75, 3.05) is 0 Å². The number of carbonyl (C=O) groups is 1. The minimum absolute atomic E-state index is 0.174. The van der Waals surface area contributed by atoms with Gasteiger partial charge in [-0.3, -0.25) is 4.79 Å². The molecule has 94 valence electrons. The molecule has 1 saturated carbocycles. The third-order valence-corrected chi connectivity index (χ3v) is 4.34. The lowest BCUT2D eigenvalue weighted by atomic mass is 9.98. The summed E-state index contributed by atoms with van der Waals surface area (Å²) in [7, 11) is 0. The highest BCUT2D eigenvalue weighted by Gasteiger charge is 2.28. The van der Waals surface area contributed by atoms with Gasteiger partial charge in [0, 0.05) is 21.3 Å². The van der Waals surface area contributed by atoms with Gasteiger partial charge in [-0.05, 0) is 38.0 Å². The van der Waals surface area contributed by atoms with Gasteiger partial charge in [-0.2, -0.15) is 0 Å². The number of Topliss-reactive ketones (excluding diaryl/α,β-unsaturated/α-hetero) is 1. The molecule has 2 nitrogen and oxygen atoms in total. The predicted octanol–water partition coefficient (Wildman–Crippen LogP) is 4.88. The van der Waals surface area contributed by atoms with Crippen LogP contribution < -0.4 is 0 Å². The summed E-state index contributed by atoms with van der Waals surface area (Å²) in [4.78, 5) is 12.4. The van der Waals surface area contributed by atoms with E-state index < -0.39 is 0 Å². The maximum absolute atomic E-state index is 12.4. The fraction of sp³-hybridized carbons (Fsp3) is 0.400. The smallest absolute Gasteiger partial charge is 0.201 e. The van der Waals surface area contributed by atoms with E-state index in [1.165, 1.54) is 12.8 Å². The van der Waals surface area contributed by atoms with Gasteiger partial charge in [-0.15, -0.1) is 0 Å². The number of halogens is 1. The molecule has 18 heavy (non-hydrogen) atoms. The molecule has 1 fully saturated rings.